The Kier molecular flexibility index (Phi) is 3.42. The maximum atomic E-state index is 11.7. The van der Waals surface area contributed by atoms with Crippen molar-refractivity contribution < 1.29 is 14.7 Å². The van der Waals surface area contributed by atoms with Crippen LogP contribution in [0, 0.1) is 5.92 Å². The first-order chi connectivity index (χ1) is 8.08. The van der Waals surface area contributed by atoms with Gasteiger partial charge in [0.15, 0.2) is 0 Å². The molecule has 0 bridgehead atoms. The van der Waals surface area contributed by atoms with Crippen molar-refractivity contribution in [2.75, 3.05) is 13.6 Å². The molecule has 6 heteroatoms. The largest absolute Gasteiger partial charge is 0.391 e. The van der Waals surface area contributed by atoms with Gasteiger partial charge in [-0.15, -0.1) is 0 Å². The van der Waals surface area contributed by atoms with Crippen LogP contribution in [0.1, 0.15) is 25.7 Å². The van der Waals surface area contributed by atoms with Gasteiger partial charge in [0.25, 0.3) is 5.91 Å². The van der Waals surface area contributed by atoms with Crippen LogP contribution < -0.4 is 5.32 Å². The van der Waals surface area contributed by atoms with Crippen LogP contribution in [-0.4, -0.2) is 47.3 Å². The fraction of sp³-hybridized carbons (Fsp3) is 0.727. The Balaban J connectivity index is 1.83. The molecule has 2 amide bonds. The van der Waals surface area contributed by atoms with Crippen LogP contribution >= 0.6 is 0 Å². The van der Waals surface area contributed by atoms with E-state index in [9.17, 15) is 14.7 Å². The maximum Gasteiger partial charge on any atom is 0.267 e. The van der Waals surface area contributed by atoms with Crippen molar-refractivity contribution in [3.8, 4) is 0 Å². The molecule has 0 saturated heterocycles. The minimum absolute atomic E-state index is 0.0837. The first-order valence-corrected chi connectivity index (χ1v) is 5.88. The number of aliphatic hydroxyl groups excluding tert-OH is 1. The van der Waals surface area contributed by atoms with Gasteiger partial charge < -0.3 is 10.4 Å². The van der Waals surface area contributed by atoms with Gasteiger partial charge in [-0.1, -0.05) is 0 Å². The highest BCUT2D eigenvalue weighted by atomic mass is 16.3. The summed E-state index contributed by atoms with van der Waals surface area (Å²) in [6, 6.07) is 0. The van der Waals surface area contributed by atoms with Gasteiger partial charge in [0, 0.05) is 26.4 Å². The van der Waals surface area contributed by atoms with E-state index in [1.54, 1.807) is 0 Å². The minimum Gasteiger partial charge on any atom is -0.391 e. The average molecular weight is 239 g/mol. The quantitative estimate of drug-likeness (QED) is 0.692. The molecule has 1 saturated carbocycles. The zero-order valence-electron chi connectivity index (χ0n) is 9.85. The Hall–Kier alpha value is -1.43. The second-order valence-corrected chi connectivity index (χ2v) is 4.58. The van der Waals surface area contributed by atoms with Crippen LogP contribution in [0.25, 0.3) is 0 Å². The van der Waals surface area contributed by atoms with Crippen molar-refractivity contribution in [3.05, 3.63) is 0 Å². The Morgan fingerprint density at radius 3 is 2.88 bits per heavy atom. The van der Waals surface area contributed by atoms with Gasteiger partial charge in [0.05, 0.1) is 6.10 Å². The zero-order chi connectivity index (χ0) is 12.4. The zero-order valence-corrected chi connectivity index (χ0v) is 9.85. The second-order valence-electron chi connectivity index (χ2n) is 4.58. The maximum absolute atomic E-state index is 11.7. The van der Waals surface area contributed by atoms with Gasteiger partial charge >= 0.3 is 0 Å². The van der Waals surface area contributed by atoms with Gasteiger partial charge in [-0.05, 0) is 18.8 Å². The molecular weight excluding hydrogens is 222 g/mol. The van der Waals surface area contributed by atoms with Crippen molar-refractivity contribution >= 4 is 17.5 Å². The summed E-state index contributed by atoms with van der Waals surface area (Å²) in [5.41, 5.74) is 0.357. The van der Waals surface area contributed by atoms with Crippen LogP contribution in [0.2, 0.25) is 0 Å². The first-order valence-electron chi connectivity index (χ1n) is 5.88. The summed E-state index contributed by atoms with van der Waals surface area (Å²) in [6.07, 6.45) is 2.30. The molecular formula is C11H17N3O3. The highest BCUT2D eigenvalue weighted by Gasteiger charge is 2.30. The molecule has 2 aliphatic rings. The number of hydrogen-bond donors (Lipinski definition) is 2. The summed E-state index contributed by atoms with van der Waals surface area (Å²) in [5.74, 6) is -0.0311. The predicted octanol–water partition coefficient (Wildman–Crippen LogP) is -0.518. The number of nitrogens with zero attached hydrogens (tertiary/aromatic N) is 2. The topological polar surface area (TPSA) is 82.0 Å². The molecule has 0 aromatic heterocycles. The normalized spacial score (nSPS) is 22.1. The Morgan fingerprint density at radius 1 is 1.59 bits per heavy atom. The van der Waals surface area contributed by atoms with Gasteiger partial charge in [-0.2, -0.15) is 5.10 Å². The predicted molar refractivity (Wildman–Crippen MR) is 61.2 cm³/mol. The van der Waals surface area contributed by atoms with E-state index in [1.165, 1.54) is 12.1 Å². The van der Waals surface area contributed by atoms with E-state index in [0.29, 0.717) is 24.5 Å². The first kappa shape index (κ1) is 12.0. The summed E-state index contributed by atoms with van der Waals surface area (Å²) >= 11 is 0. The monoisotopic (exact) mass is 239 g/mol. The number of aliphatic hydroxyl groups is 1. The minimum atomic E-state index is -0.456. The molecule has 2 N–H and O–H groups in total. The van der Waals surface area contributed by atoms with Gasteiger partial charge in [-0.25, -0.2) is 5.01 Å². The van der Waals surface area contributed by atoms with Gasteiger partial charge in [-0.3, -0.25) is 9.59 Å². The highest BCUT2D eigenvalue weighted by molar-refractivity contribution is 6.39. The van der Waals surface area contributed by atoms with Crippen molar-refractivity contribution in [1.29, 1.82) is 0 Å². The van der Waals surface area contributed by atoms with Gasteiger partial charge in [0.1, 0.15) is 5.71 Å². The summed E-state index contributed by atoms with van der Waals surface area (Å²) in [5, 5.41) is 17.4. The van der Waals surface area contributed by atoms with Crippen LogP contribution in [0.4, 0.5) is 0 Å². The molecule has 1 aliphatic heterocycles. The third-order valence-corrected chi connectivity index (χ3v) is 3.11. The van der Waals surface area contributed by atoms with E-state index in [2.05, 4.69) is 10.4 Å². The third-order valence-electron chi connectivity index (χ3n) is 3.11. The van der Waals surface area contributed by atoms with Crippen LogP contribution in [0.5, 0.6) is 0 Å². The number of carbonyl (C=O) groups excluding carboxylic acids is 2. The lowest BCUT2D eigenvalue weighted by Gasteiger charge is -2.19. The summed E-state index contributed by atoms with van der Waals surface area (Å²) in [6.45, 7) is 0.264. The van der Waals surface area contributed by atoms with Crippen molar-refractivity contribution in [2.45, 2.75) is 31.8 Å². The third kappa shape index (κ3) is 3.03. The Bertz CT molecular complexity index is 363. The second kappa shape index (κ2) is 4.83. The molecule has 1 fully saturated rings. The lowest BCUT2D eigenvalue weighted by molar-refractivity contribution is -0.130. The molecule has 6 nitrogen and oxygen atoms in total. The summed E-state index contributed by atoms with van der Waals surface area (Å²) in [4.78, 5) is 22.9. The lowest BCUT2D eigenvalue weighted by Crippen LogP contribution is -2.40. The summed E-state index contributed by atoms with van der Waals surface area (Å²) < 4.78 is 0. The SMILES string of the molecule is CN1N=C(C(=O)NCC(O)C2CC2)CCC1=O. The highest BCUT2D eigenvalue weighted by Crippen LogP contribution is 2.32. The molecule has 1 heterocycles. The lowest BCUT2D eigenvalue weighted by atomic mass is 10.1. The van der Waals surface area contributed by atoms with Crippen LogP contribution in [-0.2, 0) is 9.59 Å². The average Bonchev–Trinajstić information content (AvgIpc) is 3.13. The van der Waals surface area contributed by atoms with E-state index in [4.69, 9.17) is 0 Å². The molecule has 2 rings (SSSR count). The van der Waals surface area contributed by atoms with E-state index >= 15 is 0 Å². The van der Waals surface area contributed by atoms with Crippen molar-refractivity contribution in [1.82, 2.24) is 10.3 Å². The molecule has 1 atom stereocenters. The number of rotatable bonds is 4. The molecule has 0 aromatic rings. The Morgan fingerprint density at radius 2 is 2.29 bits per heavy atom. The van der Waals surface area contributed by atoms with E-state index < -0.39 is 6.10 Å². The van der Waals surface area contributed by atoms with Gasteiger partial charge in [0.2, 0.25) is 5.91 Å². The van der Waals surface area contributed by atoms with E-state index in [0.717, 1.165) is 12.8 Å². The van der Waals surface area contributed by atoms with Crippen LogP contribution in [0.15, 0.2) is 5.10 Å². The molecule has 0 aromatic carbocycles. The molecule has 1 aliphatic carbocycles. The fourth-order valence-electron chi connectivity index (χ4n) is 1.78. The fourth-order valence-corrected chi connectivity index (χ4v) is 1.78. The number of nitrogens with one attached hydrogen (secondary N) is 1. The summed E-state index contributed by atoms with van der Waals surface area (Å²) in [7, 11) is 1.54. The number of carbonyl (C=O) groups is 2. The smallest absolute Gasteiger partial charge is 0.267 e. The molecule has 0 radical (unpaired) electrons. The van der Waals surface area contributed by atoms with Crippen molar-refractivity contribution in [3.63, 3.8) is 0 Å². The van der Waals surface area contributed by atoms with E-state index in [-0.39, 0.29) is 18.4 Å². The number of hydrogen-bond acceptors (Lipinski definition) is 4. The number of amides is 2. The molecule has 1 unspecified atom stereocenters. The Labute approximate surface area is 99.7 Å². The van der Waals surface area contributed by atoms with E-state index in [1.807, 2.05) is 0 Å². The standard InChI is InChI=1S/C11H17N3O3/c1-14-10(16)5-4-8(13-14)11(17)12-6-9(15)7-2-3-7/h7,9,15H,2-6H2,1H3,(H,12,17). The molecule has 94 valence electrons. The van der Waals surface area contributed by atoms with Crippen molar-refractivity contribution in [2.24, 2.45) is 11.0 Å². The molecule has 0 spiro atoms. The van der Waals surface area contributed by atoms with Crippen LogP contribution in [0.3, 0.4) is 0 Å². The molecule has 17 heavy (non-hydrogen) atoms. The number of hydrazone groups is 1.